The predicted octanol–water partition coefficient (Wildman–Crippen LogP) is 1.33. The summed E-state index contributed by atoms with van der Waals surface area (Å²) < 4.78 is 45.4. The molecule has 0 spiro atoms. The van der Waals surface area contributed by atoms with Crippen LogP contribution in [0.3, 0.4) is 0 Å². The Morgan fingerprint density at radius 1 is 0.705 bits per heavy atom. The molecule has 38 nitrogen and oxygen atoms in total. The van der Waals surface area contributed by atoms with Crippen LogP contribution in [-0.4, -0.2) is 216 Å². The van der Waals surface area contributed by atoms with E-state index in [1.54, 1.807) is 38.1 Å². The topological polar surface area (TPSA) is 621 Å². The van der Waals surface area contributed by atoms with Crippen molar-refractivity contribution < 1.29 is 127 Å². The lowest BCUT2D eigenvalue weighted by Gasteiger charge is -2.48. The van der Waals surface area contributed by atoms with Gasteiger partial charge in [0.15, 0.2) is 23.9 Å². The Kier molecular flexibility index (Phi) is 30.3. The minimum Gasteiger partial charge on any atom is -0.508 e. The summed E-state index contributed by atoms with van der Waals surface area (Å²) in [5.74, 6) is -17.1. The number of carbonyl (C=O) groups excluding carboxylic acids is 8. The number of phenolic OH excluding ortho intramolecular Hbond substituents is 3. The third-order valence-electron chi connectivity index (χ3n) is 21.4. The highest BCUT2D eigenvalue weighted by molar-refractivity contribution is 6.32. The maximum Gasteiger partial charge on any atom is 0.326 e. The molecule has 0 radical (unpaired) electrons. The number of aromatic hydroxyl groups is 3. The number of aliphatic carboxylic acids is 1. The number of phenols is 3. The zero-order valence-corrected chi connectivity index (χ0v) is 67.5. The average molecular weight is 1740 g/mol. The molecule has 7 aliphatic rings. The number of carbonyl (C=O) groups is 9. The molecule has 7 heterocycles. The first-order chi connectivity index (χ1) is 58.1. The number of aliphatic hydroxyl groups excluding tert-OH is 6. The summed E-state index contributed by atoms with van der Waals surface area (Å²) in [4.78, 5) is 133. The van der Waals surface area contributed by atoms with E-state index in [4.69, 9.17) is 79.3 Å². The summed E-state index contributed by atoms with van der Waals surface area (Å²) in [5, 5.41) is 137. The first kappa shape index (κ1) is 91.7. The SMILES string of the molecule is C=CCCOc1cccc(CN[C@@]2(C)C[C@H](O[C@H]3[C@H](Oc4c5cc6cc4Oc4ccc(cc4Cl)[C@@H](O)[C@@H](NC(=O)[C@@H](N)CCCCN)C(=O)N[C@@H](CC(N)=O)C(=O)N[C@H]6C(=O)N[C@H]4C(=O)N[C@H](C(=O)N[C@H](C(=O)N[C@@H](CCCCN)C(=O)O)c6cc(O)cc(O)c6-c6cc4ccc6O)[C@H](O)c4ccc(c(Cl)c4)O5)O[C@H](CO)[C@@H](O)[C@@H]3O)O[C@@H](C)[C@H]2O)c1. The number of amides is 8. The second kappa shape index (κ2) is 40.3. The van der Waals surface area contributed by atoms with E-state index in [1.807, 2.05) is 6.07 Å². The van der Waals surface area contributed by atoms with Crippen molar-refractivity contribution in [3.8, 4) is 62.9 Å². The van der Waals surface area contributed by atoms with Gasteiger partial charge in [-0.25, -0.2) is 4.79 Å². The number of carboxylic acids is 1. The van der Waals surface area contributed by atoms with Gasteiger partial charge in [-0.1, -0.05) is 66.0 Å². The van der Waals surface area contributed by atoms with Gasteiger partial charge in [0.1, 0.15) is 107 Å². The average Bonchev–Trinajstić information content (AvgIpc) is 0.764. The molecule has 6 aromatic rings. The second-order valence-corrected chi connectivity index (χ2v) is 31.1. The molecule has 19 atom stereocenters. The molecule has 2 fully saturated rings. The molecule has 2 saturated heterocycles. The van der Waals surface area contributed by atoms with Gasteiger partial charge in [-0.2, -0.15) is 0 Å². The van der Waals surface area contributed by atoms with Gasteiger partial charge in [-0.15, -0.1) is 6.58 Å². The van der Waals surface area contributed by atoms with Gasteiger partial charge in [0.2, 0.25) is 59.3 Å². The number of hydrogen-bond acceptors (Lipinski definition) is 29. The van der Waals surface area contributed by atoms with Crippen LogP contribution < -0.4 is 84.4 Å². The second-order valence-electron chi connectivity index (χ2n) is 30.3. The smallest absolute Gasteiger partial charge is 0.326 e. The molecule has 8 amide bonds. The van der Waals surface area contributed by atoms with Crippen LogP contribution in [0.4, 0.5) is 0 Å². The molecule has 122 heavy (non-hydrogen) atoms. The van der Waals surface area contributed by atoms with Crippen molar-refractivity contribution >= 4 is 76.4 Å². The van der Waals surface area contributed by atoms with Crippen molar-refractivity contribution in [1.29, 1.82) is 0 Å². The van der Waals surface area contributed by atoms with Crippen molar-refractivity contribution in [2.45, 2.75) is 193 Å². The molecule has 0 unspecified atom stereocenters. The first-order valence-electron chi connectivity index (χ1n) is 39.2. The van der Waals surface area contributed by atoms with Crippen molar-refractivity contribution in [3.05, 3.63) is 159 Å². The largest absolute Gasteiger partial charge is 0.508 e. The molecule has 0 saturated carbocycles. The van der Waals surface area contributed by atoms with Crippen molar-refractivity contribution in [1.82, 2.24) is 42.5 Å². The number of carboxylic acid groups (broad SMARTS) is 1. The third-order valence-corrected chi connectivity index (χ3v) is 22.0. The summed E-state index contributed by atoms with van der Waals surface area (Å²) in [6.07, 6.45) is -15.9. The highest BCUT2D eigenvalue weighted by Crippen LogP contribution is 2.50. The molecular weight excluding hydrogens is 1640 g/mol. The highest BCUT2D eigenvalue weighted by atomic mass is 35.5. The van der Waals surface area contributed by atoms with Gasteiger partial charge in [-0.05, 0) is 166 Å². The number of aliphatic hydroxyl groups is 6. The van der Waals surface area contributed by atoms with E-state index in [9.17, 15) is 75.0 Å². The Morgan fingerprint density at radius 2 is 1.34 bits per heavy atom. The van der Waals surface area contributed by atoms with Gasteiger partial charge in [0, 0.05) is 35.7 Å². The van der Waals surface area contributed by atoms with E-state index in [0.29, 0.717) is 38.0 Å². The van der Waals surface area contributed by atoms with Crippen LogP contribution in [0.5, 0.6) is 51.7 Å². The number of nitrogens with one attached hydrogen (secondary N) is 8. The number of unbranched alkanes of at least 4 members (excludes halogenated alkanes) is 2. The molecule has 656 valence electrons. The molecule has 0 aliphatic carbocycles. The number of ether oxygens (including phenoxy) is 7. The lowest BCUT2D eigenvalue weighted by atomic mass is 9.84. The standard InChI is InChI=1S/C82H98Cl2N12O26/c1-4-5-23-116-43-12-10-11-37(24-43)34-89-82(3)33-59(117-36(2)72(82)106)121-71-69(105)68(104)57(35-97)120-81(71)122-70-55-28-41-29-56(70)119-54-20-17-40(27-47(54)84)67(103)65-79(113)94-63(77(111)90-49(80(114)115)14-7-9-22-86)45-30-42(98)31-52(100)60(45)44-25-38(15-18-51(44)99)61(75(109)96-65)93-76(110)62(41)92-74(108)50(32-58(88)101)91-78(112)64(95-73(107)48(87)13-6-8-21-85)66(102)39-16-19-53(118-55)46(83)26-39/h4,10-12,15-20,24-31,36,48-50,57,59,61-69,71-72,81,89,97-100,102-106H,1,5-9,13-14,21-23,32-35,85-87H2,2-3H3,(H2,88,101)(H,90,111)(H,91,112)(H,92,108)(H,93,110)(H,94,113)(H,95,107)(H,96,109)(H,114,115)/t36-,48-,49-,50-,57+,59-,61+,62+,63-,64+,65-,66+,67+,68+,69-,71+,72+,81-,82-/m0/s1. The third kappa shape index (κ3) is 21.3. The molecule has 0 aromatic heterocycles. The number of benzene rings is 6. The number of primary amides is 1. The quantitative estimate of drug-likeness (QED) is 0.0255. The van der Waals surface area contributed by atoms with Gasteiger partial charge < -0.3 is 150 Å². The van der Waals surface area contributed by atoms with Crippen molar-refractivity contribution in [2.24, 2.45) is 22.9 Å². The fraction of sp³-hybridized carbons (Fsp3) is 0.427. The van der Waals surface area contributed by atoms with Crippen molar-refractivity contribution in [2.75, 3.05) is 26.3 Å². The molecule has 26 N–H and O–H groups in total. The van der Waals surface area contributed by atoms with E-state index in [1.165, 1.54) is 12.1 Å². The minimum atomic E-state index is -2.41. The Morgan fingerprint density at radius 3 is 1.98 bits per heavy atom. The van der Waals surface area contributed by atoms with E-state index in [-0.39, 0.29) is 62.2 Å². The van der Waals surface area contributed by atoms with Crippen LogP contribution in [-0.2, 0) is 63.9 Å². The monoisotopic (exact) mass is 1740 g/mol. The lowest BCUT2D eigenvalue weighted by molar-refractivity contribution is -0.334. The van der Waals surface area contributed by atoms with Gasteiger partial charge in [-0.3, -0.25) is 38.4 Å². The summed E-state index contributed by atoms with van der Waals surface area (Å²) in [6.45, 7) is 6.87. The lowest BCUT2D eigenvalue weighted by Crippen LogP contribution is -2.65. The van der Waals surface area contributed by atoms with E-state index >= 15 is 19.2 Å². The number of fused-ring (bicyclic) bond motifs is 15. The number of rotatable bonds is 27. The molecule has 13 rings (SSSR count). The maximum atomic E-state index is 16.4. The fourth-order valence-corrected chi connectivity index (χ4v) is 15.2. The van der Waals surface area contributed by atoms with E-state index in [0.717, 1.165) is 72.3 Å². The number of halogens is 2. The van der Waals surface area contributed by atoms with Crippen LogP contribution in [0.2, 0.25) is 10.0 Å². The maximum absolute atomic E-state index is 16.4. The summed E-state index contributed by atoms with van der Waals surface area (Å²) in [6, 6.07) is 4.06. The molecule has 11 bridgehead atoms. The Balaban J connectivity index is 1.12. The fourth-order valence-electron chi connectivity index (χ4n) is 14.8. The van der Waals surface area contributed by atoms with Gasteiger partial charge >= 0.3 is 5.97 Å². The van der Waals surface area contributed by atoms with Crippen LogP contribution in [0.25, 0.3) is 11.1 Å². The highest BCUT2D eigenvalue weighted by Gasteiger charge is 2.52. The number of nitrogens with two attached hydrogens (primary N) is 4. The van der Waals surface area contributed by atoms with Crippen LogP contribution in [0.1, 0.15) is 135 Å². The summed E-state index contributed by atoms with van der Waals surface area (Å²) in [5.41, 5.74) is 19.9. The van der Waals surface area contributed by atoms with E-state index < -0.39 is 260 Å². The summed E-state index contributed by atoms with van der Waals surface area (Å²) in [7, 11) is 0. The van der Waals surface area contributed by atoms with Crippen molar-refractivity contribution in [3.63, 3.8) is 0 Å². The van der Waals surface area contributed by atoms with Crippen LogP contribution >= 0.6 is 23.2 Å². The van der Waals surface area contributed by atoms with Crippen LogP contribution in [0, 0.1) is 0 Å². The molecule has 40 heteroatoms. The Hall–Kier alpha value is -11.1. The molecule has 7 aliphatic heterocycles. The zero-order chi connectivity index (χ0) is 88.3. The number of hydrogen-bond donors (Lipinski definition) is 22. The molecular formula is C82H98Cl2N12O26. The predicted molar refractivity (Wildman–Crippen MR) is 432 cm³/mol. The normalized spacial score (nSPS) is 26.5. The van der Waals surface area contributed by atoms with Gasteiger partial charge in [0.25, 0.3) is 0 Å². The van der Waals surface area contributed by atoms with Gasteiger partial charge in [0.05, 0.1) is 47.9 Å². The zero-order valence-electron chi connectivity index (χ0n) is 66.0. The van der Waals surface area contributed by atoms with Crippen LogP contribution in [0.15, 0.2) is 116 Å². The minimum absolute atomic E-state index is 0.0260. The first-order valence-corrected chi connectivity index (χ1v) is 39.9. The molecule has 6 aromatic carbocycles. The Labute approximate surface area is 707 Å². The Bertz CT molecular complexity index is 4900. The van der Waals surface area contributed by atoms with E-state index in [2.05, 4.69) is 49.1 Å². The summed E-state index contributed by atoms with van der Waals surface area (Å²) >= 11 is 14.4.